The van der Waals surface area contributed by atoms with Gasteiger partial charge in [0.1, 0.15) is 11.5 Å². The molecular formula is C27H35N3O4. The molecule has 1 atom stereocenters. The van der Waals surface area contributed by atoms with Gasteiger partial charge in [0.2, 0.25) is 0 Å². The van der Waals surface area contributed by atoms with Crippen LogP contribution in [0.4, 0.5) is 0 Å². The summed E-state index contributed by atoms with van der Waals surface area (Å²) in [7, 11) is 0. The first-order chi connectivity index (χ1) is 16.3. The van der Waals surface area contributed by atoms with E-state index in [0.29, 0.717) is 30.8 Å². The van der Waals surface area contributed by atoms with Crippen molar-refractivity contribution in [2.75, 3.05) is 32.8 Å². The van der Waals surface area contributed by atoms with Crippen LogP contribution in [-0.2, 0) is 9.59 Å². The highest BCUT2D eigenvalue weighted by atomic mass is 16.5. The van der Waals surface area contributed by atoms with Crippen molar-refractivity contribution in [3.05, 3.63) is 65.0 Å². The summed E-state index contributed by atoms with van der Waals surface area (Å²) in [6, 6.07) is 8.29. The van der Waals surface area contributed by atoms with Gasteiger partial charge in [0, 0.05) is 31.0 Å². The number of likely N-dealkylation sites (tertiary alicyclic amines) is 1. The Hall–Kier alpha value is -3.19. The first-order valence-corrected chi connectivity index (χ1v) is 12.0. The number of benzene rings is 1. The second-order valence-corrected chi connectivity index (χ2v) is 8.65. The molecule has 2 heterocycles. The minimum absolute atomic E-state index is 0.0939. The van der Waals surface area contributed by atoms with E-state index >= 15 is 0 Å². The van der Waals surface area contributed by atoms with Crippen LogP contribution in [-0.4, -0.2) is 64.4 Å². The van der Waals surface area contributed by atoms with E-state index in [0.717, 1.165) is 24.4 Å². The van der Waals surface area contributed by atoms with Crippen molar-refractivity contribution in [1.29, 1.82) is 0 Å². The quantitative estimate of drug-likeness (QED) is 0.319. The molecule has 0 radical (unpaired) electrons. The van der Waals surface area contributed by atoms with Gasteiger partial charge < -0.3 is 19.6 Å². The molecule has 2 aromatic rings. The lowest BCUT2D eigenvalue weighted by molar-refractivity contribution is -0.140. The van der Waals surface area contributed by atoms with Gasteiger partial charge in [-0.1, -0.05) is 33.8 Å². The number of hydrogen-bond donors (Lipinski definition) is 1. The number of rotatable bonds is 10. The summed E-state index contributed by atoms with van der Waals surface area (Å²) >= 11 is 0. The molecule has 34 heavy (non-hydrogen) atoms. The van der Waals surface area contributed by atoms with E-state index in [9.17, 15) is 14.7 Å². The van der Waals surface area contributed by atoms with Gasteiger partial charge in [-0.2, -0.15) is 0 Å². The lowest BCUT2D eigenvalue weighted by Crippen LogP contribution is -2.38. The Morgan fingerprint density at radius 3 is 2.50 bits per heavy atom. The maximum absolute atomic E-state index is 13.2. The molecule has 0 bridgehead atoms. The summed E-state index contributed by atoms with van der Waals surface area (Å²) in [5.41, 5.74) is 2.21. The third-order valence-corrected chi connectivity index (χ3v) is 6.30. The molecule has 3 rings (SSSR count). The summed E-state index contributed by atoms with van der Waals surface area (Å²) < 4.78 is 5.74. The fraction of sp³-hybridized carbons (Fsp3) is 0.444. The zero-order valence-electron chi connectivity index (χ0n) is 20.7. The molecule has 1 aromatic carbocycles. The molecule has 0 spiro atoms. The van der Waals surface area contributed by atoms with E-state index in [2.05, 4.69) is 23.7 Å². The van der Waals surface area contributed by atoms with E-state index < -0.39 is 17.7 Å². The van der Waals surface area contributed by atoms with E-state index in [1.54, 1.807) is 29.4 Å². The molecule has 1 amide bonds. The number of aliphatic hydroxyl groups excluding tert-OH is 1. The Morgan fingerprint density at radius 2 is 1.91 bits per heavy atom. The number of ether oxygens (including phenoxy) is 1. The summed E-state index contributed by atoms with van der Waals surface area (Å²) in [5.74, 6) is -0.552. The lowest BCUT2D eigenvalue weighted by Gasteiger charge is -2.28. The Balaban J connectivity index is 2.11. The molecule has 7 heteroatoms. The van der Waals surface area contributed by atoms with Crippen molar-refractivity contribution in [3.63, 3.8) is 0 Å². The van der Waals surface area contributed by atoms with Gasteiger partial charge in [-0.3, -0.25) is 14.6 Å². The minimum atomic E-state index is -0.696. The zero-order valence-corrected chi connectivity index (χ0v) is 20.7. The number of aromatic nitrogens is 1. The van der Waals surface area contributed by atoms with Gasteiger partial charge in [0.25, 0.3) is 11.7 Å². The molecule has 7 nitrogen and oxygen atoms in total. The number of nitrogens with zero attached hydrogens (tertiary/aromatic N) is 3. The number of Topliss-reactive ketones (excluding diaryl/α,β-unsaturated/α-hetero) is 1. The molecule has 1 aliphatic heterocycles. The van der Waals surface area contributed by atoms with Gasteiger partial charge >= 0.3 is 0 Å². The van der Waals surface area contributed by atoms with Crippen LogP contribution in [0.3, 0.4) is 0 Å². The topological polar surface area (TPSA) is 83.0 Å². The number of amides is 1. The number of ketones is 1. The van der Waals surface area contributed by atoms with Gasteiger partial charge in [-0.05, 0) is 61.3 Å². The maximum atomic E-state index is 13.2. The molecule has 1 N–H and O–H groups in total. The third kappa shape index (κ3) is 5.14. The second kappa shape index (κ2) is 11.3. The highest BCUT2D eigenvalue weighted by molar-refractivity contribution is 6.46. The van der Waals surface area contributed by atoms with Crippen LogP contribution in [0.5, 0.6) is 5.75 Å². The van der Waals surface area contributed by atoms with Crippen molar-refractivity contribution in [2.45, 2.75) is 46.6 Å². The molecule has 0 saturated carbocycles. The summed E-state index contributed by atoms with van der Waals surface area (Å²) in [6.07, 6.45) is 3.29. The molecule has 1 saturated heterocycles. The maximum Gasteiger partial charge on any atom is 0.295 e. The number of carbonyl (C=O) groups is 2. The van der Waals surface area contributed by atoms with Crippen molar-refractivity contribution in [2.24, 2.45) is 0 Å². The molecule has 1 aliphatic rings. The van der Waals surface area contributed by atoms with Crippen molar-refractivity contribution in [3.8, 4) is 5.75 Å². The minimum Gasteiger partial charge on any atom is -0.507 e. The molecular weight excluding hydrogens is 430 g/mol. The fourth-order valence-electron chi connectivity index (χ4n) is 4.37. The first-order valence-electron chi connectivity index (χ1n) is 12.0. The van der Waals surface area contributed by atoms with Crippen molar-refractivity contribution >= 4 is 17.4 Å². The van der Waals surface area contributed by atoms with Gasteiger partial charge in [0.05, 0.1) is 18.2 Å². The molecule has 0 aliphatic carbocycles. The molecule has 1 aromatic heterocycles. The van der Waals surface area contributed by atoms with Crippen LogP contribution in [0.25, 0.3) is 5.76 Å². The zero-order chi connectivity index (χ0) is 24.8. The number of likely N-dealkylation sites (N-methyl/N-ethyl adjacent to an activating group) is 1. The highest BCUT2D eigenvalue weighted by Gasteiger charge is 2.46. The number of hydrogen-bond acceptors (Lipinski definition) is 6. The molecule has 1 unspecified atom stereocenters. The monoisotopic (exact) mass is 465 g/mol. The van der Waals surface area contributed by atoms with Crippen LogP contribution in [0.15, 0.2) is 48.3 Å². The predicted molar refractivity (Wildman–Crippen MR) is 133 cm³/mol. The average Bonchev–Trinajstić information content (AvgIpc) is 3.10. The standard InChI is InChI=1S/C27H35N3O4/c1-6-29(7-2)14-15-30-24(20-10-9-13-28-17-20)23(26(32)27(30)33)25(31)19-11-12-22(34-8-3)21(16-19)18(4)5/h9-13,16-18,24,31H,6-8,14-15H2,1-5H3/b25-23-. The largest absolute Gasteiger partial charge is 0.507 e. The van der Waals surface area contributed by atoms with Crippen LogP contribution >= 0.6 is 0 Å². The number of aliphatic hydroxyl groups is 1. The Bertz CT molecular complexity index is 1050. The summed E-state index contributed by atoms with van der Waals surface area (Å²) in [6.45, 7) is 13.4. The average molecular weight is 466 g/mol. The van der Waals surface area contributed by atoms with Gasteiger partial charge in [-0.15, -0.1) is 0 Å². The smallest absolute Gasteiger partial charge is 0.295 e. The van der Waals surface area contributed by atoms with E-state index in [1.165, 1.54) is 0 Å². The summed E-state index contributed by atoms with van der Waals surface area (Å²) in [5, 5.41) is 11.4. The highest BCUT2D eigenvalue weighted by Crippen LogP contribution is 2.40. The predicted octanol–water partition coefficient (Wildman–Crippen LogP) is 4.37. The Labute approximate surface area is 202 Å². The summed E-state index contributed by atoms with van der Waals surface area (Å²) in [4.78, 5) is 34.3. The van der Waals surface area contributed by atoms with Gasteiger partial charge in [0.15, 0.2) is 0 Å². The molecule has 182 valence electrons. The second-order valence-electron chi connectivity index (χ2n) is 8.65. The number of pyridine rings is 1. The van der Waals surface area contributed by atoms with E-state index in [-0.39, 0.29) is 17.3 Å². The Morgan fingerprint density at radius 1 is 1.18 bits per heavy atom. The Kier molecular flexibility index (Phi) is 8.45. The molecule has 1 fully saturated rings. The number of carbonyl (C=O) groups excluding carboxylic acids is 2. The lowest BCUT2D eigenvalue weighted by atomic mass is 9.93. The van der Waals surface area contributed by atoms with Crippen LogP contribution in [0, 0.1) is 0 Å². The van der Waals surface area contributed by atoms with Crippen LogP contribution in [0.2, 0.25) is 0 Å². The van der Waals surface area contributed by atoms with Crippen molar-refractivity contribution in [1.82, 2.24) is 14.8 Å². The first kappa shape index (κ1) is 25.4. The fourth-order valence-corrected chi connectivity index (χ4v) is 4.37. The van der Waals surface area contributed by atoms with Crippen LogP contribution in [0.1, 0.15) is 63.3 Å². The SMILES string of the molecule is CCOc1ccc(/C(O)=C2/C(=O)C(=O)N(CCN(CC)CC)C2c2cccnc2)cc1C(C)C. The van der Waals surface area contributed by atoms with Gasteiger partial charge in [-0.25, -0.2) is 0 Å². The third-order valence-electron chi connectivity index (χ3n) is 6.30. The normalized spacial score (nSPS) is 17.7. The van der Waals surface area contributed by atoms with Crippen molar-refractivity contribution < 1.29 is 19.4 Å². The van der Waals surface area contributed by atoms with Crippen LogP contribution < -0.4 is 4.74 Å². The van der Waals surface area contributed by atoms with E-state index in [4.69, 9.17) is 4.74 Å². The van der Waals surface area contributed by atoms with E-state index in [1.807, 2.05) is 39.0 Å².